The summed E-state index contributed by atoms with van der Waals surface area (Å²) in [4.78, 5) is 4.78. The first-order valence-electron chi connectivity index (χ1n) is 7.32. The molecular formula is C16H26FN3. The molecule has 0 spiro atoms. The number of aryl methyl sites for hydroxylation is 1. The van der Waals surface area contributed by atoms with Crippen LogP contribution in [0.4, 0.5) is 4.39 Å². The van der Waals surface area contributed by atoms with Gasteiger partial charge in [0.25, 0.3) is 0 Å². The predicted molar refractivity (Wildman–Crippen MR) is 81.5 cm³/mol. The average molecular weight is 279 g/mol. The molecule has 1 fully saturated rings. The second-order valence-corrected chi connectivity index (χ2v) is 6.04. The first kappa shape index (κ1) is 15.4. The van der Waals surface area contributed by atoms with E-state index >= 15 is 0 Å². The van der Waals surface area contributed by atoms with E-state index in [1.54, 1.807) is 12.1 Å². The van der Waals surface area contributed by atoms with Crippen molar-refractivity contribution in [3.63, 3.8) is 0 Å². The fraction of sp³-hybridized carbons (Fsp3) is 0.625. The number of nitrogens with one attached hydrogen (secondary N) is 1. The molecule has 0 aliphatic carbocycles. The van der Waals surface area contributed by atoms with Gasteiger partial charge in [0.1, 0.15) is 5.82 Å². The summed E-state index contributed by atoms with van der Waals surface area (Å²) in [6.07, 6.45) is 1.00. The standard InChI is InChI=1S/C16H26FN3/c1-12-7-13(9-14(17)8-12)16(18-2)10-15-11-19(3)5-6-20(15)4/h7-9,15-16,18H,5-6,10-11H2,1-4H3. The van der Waals surface area contributed by atoms with Crippen molar-refractivity contribution in [1.29, 1.82) is 0 Å². The van der Waals surface area contributed by atoms with Crippen LogP contribution < -0.4 is 5.32 Å². The van der Waals surface area contributed by atoms with Gasteiger partial charge in [-0.3, -0.25) is 0 Å². The number of nitrogens with zero attached hydrogens (tertiary/aromatic N) is 2. The summed E-state index contributed by atoms with van der Waals surface area (Å²) < 4.78 is 13.6. The third-order valence-electron chi connectivity index (χ3n) is 4.30. The van der Waals surface area contributed by atoms with Gasteiger partial charge in [-0.2, -0.15) is 0 Å². The number of rotatable bonds is 4. The average Bonchev–Trinajstić information content (AvgIpc) is 2.38. The van der Waals surface area contributed by atoms with Crippen LogP contribution in [0.5, 0.6) is 0 Å². The molecule has 2 rings (SSSR count). The molecule has 1 aliphatic rings. The van der Waals surface area contributed by atoms with Crippen LogP contribution in [0.25, 0.3) is 0 Å². The third-order valence-corrected chi connectivity index (χ3v) is 4.30. The molecule has 0 radical (unpaired) electrons. The summed E-state index contributed by atoms with van der Waals surface area (Å²) in [5.74, 6) is -0.144. The zero-order valence-corrected chi connectivity index (χ0v) is 13.0. The largest absolute Gasteiger partial charge is 0.313 e. The van der Waals surface area contributed by atoms with Gasteiger partial charge in [0.05, 0.1) is 0 Å². The van der Waals surface area contributed by atoms with Crippen molar-refractivity contribution in [2.45, 2.75) is 25.4 Å². The SMILES string of the molecule is CNC(CC1CN(C)CCN1C)c1cc(C)cc(F)c1. The van der Waals surface area contributed by atoms with Crippen molar-refractivity contribution in [2.24, 2.45) is 0 Å². The van der Waals surface area contributed by atoms with Crippen LogP contribution in [0, 0.1) is 12.7 Å². The van der Waals surface area contributed by atoms with Crippen LogP contribution in [0.1, 0.15) is 23.6 Å². The van der Waals surface area contributed by atoms with Gasteiger partial charge >= 0.3 is 0 Å². The number of likely N-dealkylation sites (N-methyl/N-ethyl adjacent to an activating group) is 2. The van der Waals surface area contributed by atoms with Gasteiger partial charge in [-0.05, 0) is 57.7 Å². The molecule has 1 saturated heterocycles. The molecule has 2 unspecified atom stereocenters. The van der Waals surface area contributed by atoms with Crippen molar-refractivity contribution in [3.05, 3.63) is 35.1 Å². The fourth-order valence-electron chi connectivity index (χ4n) is 3.01. The summed E-state index contributed by atoms with van der Waals surface area (Å²) in [7, 11) is 6.30. The lowest BCUT2D eigenvalue weighted by atomic mass is 9.96. The van der Waals surface area contributed by atoms with E-state index in [1.807, 2.05) is 14.0 Å². The van der Waals surface area contributed by atoms with Crippen LogP contribution in [0.2, 0.25) is 0 Å². The maximum Gasteiger partial charge on any atom is 0.123 e. The Morgan fingerprint density at radius 1 is 1.30 bits per heavy atom. The molecule has 0 bridgehead atoms. The Morgan fingerprint density at radius 2 is 2.05 bits per heavy atom. The zero-order valence-electron chi connectivity index (χ0n) is 13.0. The highest BCUT2D eigenvalue weighted by molar-refractivity contribution is 5.26. The van der Waals surface area contributed by atoms with Gasteiger partial charge in [0.15, 0.2) is 0 Å². The highest BCUT2D eigenvalue weighted by Gasteiger charge is 2.25. The van der Waals surface area contributed by atoms with Crippen LogP contribution in [-0.2, 0) is 0 Å². The van der Waals surface area contributed by atoms with E-state index in [2.05, 4.69) is 35.3 Å². The van der Waals surface area contributed by atoms with Gasteiger partial charge in [0, 0.05) is 31.7 Å². The van der Waals surface area contributed by atoms with Crippen LogP contribution in [0.3, 0.4) is 0 Å². The molecule has 3 nitrogen and oxygen atoms in total. The van der Waals surface area contributed by atoms with E-state index in [0.717, 1.165) is 37.2 Å². The second-order valence-electron chi connectivity index (χ2n) is 6.04. The molecule has 112 valence electrons. The molecule has 1 heterocycles. The Balaban J connectivity index is 2.11. The van der Waals surface area contributed by atoms with Crippen molar-refractivity contribution in [1.82, 2.24) is 15.1 Å². The monoisotopic (exact) mass is 279 g/mol. The van der Waals surface area contributed by atoms with Gasteiger partial charge in [0.2, 0.25) is 0 Å². The summed E-state index contributed by atoms with van der Waals surface area (Å²) in [6.45, 7) is 5.23. The van der Waals surface area contributed by atoms with Crippen LogP contribution in [-0.4, -0.2) is 56.6 Å². The highest BCUT2D eigenvalue weighted by Crippen LogP contribution is 2.23. The molecule has 0 saturated carbocycles. The summed E-state index contributed by atoms with van der Waals surface area (Å²) in [5.41, 5.74) is 2.03. The maximum absolute atomic E-state index is 13.6. The van der Waals surface area contributed by atoms with E-state index in [0.29, 0.717) is 6.04 Å². The molecule has 1 aliphatic heterocycles. The summed E-state index contributed by atoms with van der Waals surface area (Å²) in [6, 6.07) is 6.02. The maximum atomic E-state index is 13.6. The van der Waals surface area contributed by atoms with Crippen molar-refractivity contribution < 1.29 is 4.39 Å². The summed E-state index contributed by atoms with van der Waals surface area (Å²) in [5, 5.41) is 3.34. The van der Waals surface area contributed by atoms with E-state index in [9.17, 15) is 4.39 Å². The molecule has 0 amide bonds. The fourth-order valence-corrected chi connectivity index (χ4v) is 3.01. The van der Waals surface area contributed by atoms with Crippen molar-refractivity contribution in [3.8, 4) is 0 Å². The van der Waals surface area contributed by atoms with Gasteiger partial charge in [-0.1, -0.05) is 6.07 Å². The lowest BCUT2D eigenvalue weighted by Gasteiger charge is -2.39. The number of halogens is 1. The molecule has 4 heteroatoms. The minimum atomic E-state index is -0.144. The minimum absolute atomic E-state index is 0.144. The van der Waals surface area contributed by atoms with E-state index in [1.165, 1.54) is 0 Å². The first-order chi connectivity index (χ1) is 9.49. The zero-order chi connectivity index (χ0) is 14.7. The van der Waals surface area contributed by atoms with Gasteiger partial charge in [-0.15, -0.1) is 0 Å². The molecule has 0 aromatic heterocycles. The molecular weight excluding hydrogens is 253 g/mol. The van der Waals surface area contributed by atoms with Gasteiger partial charge in [-0.25, -0.2) is 4.39 Å². The Labute approximate surface area is 121 Å². The molecule has 1 N–H and O–H groups in total. The Morgan fingerprint density at radius 3 is 2.70 bits per heavy atom. The summed E-state index contributed by atoms with van der Waals surface area (Å²) >= 11 is 0. The van der Waals surface area contributed by atoms with E-state index < -0.39 is 0 Å². The van der Waals surface area contributed by atoms with Crippen molar-refractivity contribution in [2.75, 3.05) is 40.8 Å². The second kappa shape index (κ2) is 6.66. The third kappa shape index (κ3) is 3.78. The normalized spacial score (nSPS) is 22.9. The van der Waals surface area contributed by atoms with E-state index in [4.69, 9.17) is 0 Å². The highest BCUT2D eigenvalue weighted by atomic mass is 19.1. The van der Waals surface area contributed by atoms with E-state index in [-0.39, 0.29) is 11.9 Å². The molecule has 1 aromatic carbocycles. The Hall–Kier alpha value is -0.970. The number of benzene rings is 1. The Kier molecular flexibility index (Phi) is 5.13. The Bertz CT molecular complexity index is 429. The van der Waals surface area contributed by atoms with Crippen molar-refractivity contribution >= 4 is 0 Å². The minimum Gasteiger partial charge on any atom is -0.313 e. The predicted octanol–water partition coefficient (Wildman–Crippen LogP) is 2.03. The lowest BCUT2D eigenvalue weighted by Crippen LogP contribution is -2.50. The van der Waals surface area contributed by atoms with Gasteiger partial charge < -0.3 is 15.1 Å². The molecule has 20 heavy (non-hydrogen) atoms. The number of hydrogen-bond acceptors (Lipinski definition) is 3. The number of hydrogen-bond donors (Lipinski definition) is 1. The lowest BCUT2D eigenvalue weighted by molar-refractivity contribution is 0.102. The first-order valence-corrected chi connectivity index (χ1v) is 7.32. The molecule has 2 atom stereocenters. The number of piperazine rings is 1. The van der Waals surface area contributed by atoms with Crippen LogP contribution >= 0.6 is 0 Å². The molecule has 1 aromatic rings. The smallest absolute Gasteiger partial charge is 0.123 e. The van der Waals surface area contributed by atoms with Crippen LogP contribution in [0.15, 0.2) is 18.2 Å². The quantitative estimate of drug-likeness (QED) is 0.910. The topological polar surface area (TPSA) is 18.5 Å².